The molecular weight excluding hydrogens is 424 g/mol. The average Bonchev–Trinajstić information content (AvgIpc) is 2.79. The topological polar surface area (TPSA) is 85.9 Å². The fourth-order valence-corrected chi connectivity index (χ4v) is 4.24. The molecule has 1 fully saturated rings. The maximum atomic E-state index is 11.7. The van der Waals surface area contributed by atoms with Gasteiger partial charge in [0, 0.05) is 44.1 Å². The number of hydrogen-bond acceptors (Lipinski definition) is 5. The second-order valence-corrected chi connectivity index (χ2v) is 8.57. The van der Waals surface area contributed by atoms with Gasteiger partial charge in [0.1, 0.15) is 17.1 Å². The predicted octanol–water partition coefficient (Wildman–Crippen LogP) is 3.56. The van der Waals surface area contributed by atoms with Crippen LogP contribution < -0.4 is 20.9 Å². The second-order valence-electron chi connectivity index (χ2n) is 8.17. The van der Waals surface area contributed by atoms with Crippen LogP contribution in [0.3, 0.4) is 0 Å². The number of phenolic OH excluding ortho intramolecular Hbond substituents is 1. The Morgan fingerprint density at radius 3 is 2.56 bits per heavy atom. The van der Waals surface area contributed by atoms with Gasteiger partial charge in [-0.1, -0.05) is 19.1 Å². The maximum absolute atomic E-state index is 11.7. The molecule has 4 N–H and O–H groups in total. The van der Waals surface area contributed by atoms with Crippen LogP contribution in [0.15, 0.2) is 48.5 Å². The largest absolute Gasteiger partial charge is 0.508 e. The molecule has 1 amide bonds. The van der Waals surface area contributed by atoms with E-state index in [0.29, 0.717) is 36.8 Å². The van der Waals surface area contributed by atoms with Gasteiger partial charge >= 0.3 is 0 Å². The number of likely N-dealkylation sites (tertiary alicyclic amines) is 1. The van der Waals surface area contributed by atoms with Gasteiger partial charge in [-0.2, -0.15) is 0 Å². The van der Waals surface area contributed by atoms with Crippen molar-refractivity contribution in [2.24, 2.45) is 0 Å². The Hall–Kier alpha value is -3.26. The minimum absolute atomic E-state index is 0.0772. The molecule has 32 heavy (non-hydrogen) atoms. The fraction of sp³-hybridized carbons (Fsp3) is 0.333. The quantitative estimate of drug-likeness (QED) is 0.417. The van der Waals surface area contributed by atoms with E-state index in [4.69, 9.17) is 17.0 Å². The van der Waals surface area contributed by atoms with Crippen LogP contribution in [-0.4, -0.2) is 39.7 Å². The summed E-state index contributed by atoms with van der Waals surface area (Å²) in [6.07, 6.45) is 4.38. The number of nitrogens with one attached hydrogen (secondary N) is 3. The zero-order valence-electron chi connectivity index (χ0n) is 18.3. The zero-order chi connectivity index (χ0) is 22.7. The molecule has 2 aromatic carbocycles. The summed E-state index contributed by atoms with van der Waals surface area (Å²) in [6.45, 7) is 4.97. The van der Waals surface area contributed by atoms with Crippen LogP contribution in [0.25, 0.3) is 5.70 Å². The van der Waals surface area contributed by atoms with Crippen LogP contribution in [0.5, 0.6) is 11.5 Å². The van der Waals surface area contributed by atoms with Gasteiger partial charge in [0.05, 0.1) is 5.70 Å². The molecule has 0 bridgehead atoms. The van der Waals surface area contributed by atoms with Gasteiger partial charge < -0.3 is 20.1 Å². The zero-order valence-corrected chi connectivity index (χ0v) is 19.1. The second kappa shape index (κ2) is 9.08. The third-order valence-corrected chi connectivity index (χ3v) is 6.16. The van der Waals surface area contributed by atoms with E-state index in [1.165, 1.54) is 5.56 Å². The van der Waals surface area contributed by atoms with Crippen LogP contribution in [0.2, 0.25) is 0 Å². The number of rotatable bonds is 4. The molecule has 0 atom stereocenters. The van der Waals surface area contributed by atoms with Gasteiger partial charge in [-0.15, -0.1) is 0 Å². The van der Waals surface area contributed by atoms with Crippen molar-refractivity contribution >= 4 is 34.6 Å². The first kappa shape index (κ1) is 22.0. The molecule has 1 saturated heterocycles. The third-order valence-electron chi connectivity index (χ3n) is 5.96. The number of phenols is 1. The average molecular weight is 453 g/mol. The molecule has 2 aliphatic rings. The molecule has 2 aromatic rings. The predicted molar refractivity (Wildman–Crippen MR) is 129 cm³/mol. The summed E-state index contributed by atoms with van der Waals surface area (Å²) in [5.74, 6) is 0.910. The lowest BCUT2D eigenvalue weighted by Crippen LogP contribution is -2.50. The minimum Gasteiger partial charge on any atom is -0.508 e. The molecule has 7 nitrogen and oxygen atoms in total. The summed E-state index contributed by atoms with van der Waals surface area (Å²) < 4.78 is 6.36. The number of ether oxygens (including phenoxy) is 1. The number of nitrogens with zero attached hydrogens (tertiary/aromatic N) is 1. The Morgan fingerprint density at radius 2 is 1.91 bits per heavy atom. The van der Waals surface area contributed by atoms with E-state index >= 15 is 0 Å². The summed E-state index contributed by atoms with van der Waals surface area (Å²) in [5, 5.41) is 13.6. The van der Waals surface area contributed by atoms with Crippen molar-refractivity contribution in [3.8, 4) is 11.5 Å². The van der Waals surface area contributed by atoms with Gasteiger partial charge in [-0.05, 0) is 60.6 Å². The minimum atomic E-state index is -0.523. The molecule has 168 valence electrons. The van der Waals surface area contributed by atoms with Crippen molar-refractivity contribution in [1.29, 1.82) is 0 Å². The molecule has 0 saturated carbocycles. The van der Waals surface area contributed by atoms with E-state index in [1.54, 1.807) is 25.1 Å². The van der Waals surface area contributed by atoms with Crippen LogP contribution in [0, 0.1) is 0 Å². The normalized spacial score (nSPS) is 16.4. The number of thiocarbonyl (C=S) groups is 1. The molecule has 1 spiro atoms. The molecule has 0 radical (unpaired) electrons. The van der Waals surface area contributed by atoms with E-state index < -0.39 is 5.60 Å². The third kappa shape index (κ3) is 4.80. The Labute approximate surface area is 193 Å². The molecule has 2 heterocycles. The lowest BCUT2D eigenvalue weighted by molar-refractivity contribution is -0.131. The van der Waals surface area contributed by atoms with Crippen molar-refractivity contribution in [3.63, 3.8) is 0 Å². The van der Waals surface area contributed by atoms with E-state index in [0.717, 1.165) is 23.4 Å². The number of hydrogen-bond donors (Lipinski definition) is 4. The summed E-state index contributed by atoms with van der Waals surface area (Å²) in [7, 11) is 0. The Bertz CT molecular complexity index is 1040. The van der Waals surface area contributed by atoms with Gasteiger partial charge in [-0.25, -0.2) is 0 Å². The van der Waals surface area contributed by atoms with Crippen molar-refractivity contribution in [3.05, 3.63) is 59.7 Å². The first-order chi connectivity index (χ1) is 15.4. The van der Waals surface area contributed by atoms with E-state index in [9.17, 15) is 9.90 Å². The molecule has 0 aromatic heterocycles. The summed E-state index contributed by atoms with van der Waals surface area (Å²) in [4.78, 5) is 13.6. The number of carbonyl (C=O) groups is 1. The van der Waals surface area contributed by atoms with Gasteiger partial charge in [0.25, 0.3) is 0 Å². The Morgan fingerprint density at radius 1 is 1.19 bits per heavy atom. The fourth-order valence-electron chi connectivity index (χ4n) is 4.07. The molecule has 2 aliphatic heterocycles. The van der Waals surface area contributed by atoms with Crippen LogP contribution in [0.4, 0.5) is 5.69 Å². The molecule has 0 aliphatic carbocycles. The van der Waals surface area contributed by atoms with Crippen molar-refractivity contribution in [2.75, 3.05) is 18.4 Å². The number of fused-ring (bicyclic) bond motifs is 1. The molecular formula is C24H28N4O3S. The summed E-state index contributed by atoms with van der Waals surface area (Å²) in [5.41, 5.74) is 9.37. The van der Waals surface area contributed by atoms with Gasteiger partial charge in [0.2, 0.25) is 5.91 Å². The number of aryl methyl sites for hydroxylation is 1. The summed E-state index contributed by atoms with van der Waals surface area (Å²) >= 11 is 5.45. The number of hydrazine groups is 1. The van der Waals surface area contributed by atoms with Crippen LogP contribution in [-0.2, 0) is 11.2 Å². The van der Waals surface area contributed by atoms with Gasteiger partial charge in [-0.3, -0.25) is 15.6 Å². The first-order valence-electron chi connectivity index (χ1n) is 10.8. The maximum Gasteiger partial charge on any atom is 0.219 e. The standard InChI is InChI=1S/C24H28N4O3S/c1-3-17-4-6-18(7-5-17)25-23(32)27-26-21-15-24(10-12-28(13-11-24)16(2)29)31-22-9-8-19(30)14-20(21)22/h4-9,14-15,26,30H,3,10-13H2,1-2H3,(H2,25,27,32). The van der Waals surface area contributed by atoms with Crippen molar-refractivity contribution in [2.45, 2.75) is 38.7 Å². The SMILES string of the molecule is CCc1ccc(NC(=S)NNC2=CC3(CCN(C(C)=O)CC3)Oc3ccc(O)cc32)cc1. The first-order valence-corrected chi connectivity index (χ1v) is 11.2. The van der Waals surface area contributed by atoms with Gasteiger partial charge in [0.15, 0.2) is 5.11 Å². The lowest BCUT2D eigenvalue weighted by atomic mass is 9.87. The van der Waals surface area contributed by atoms with E-state index in [2.05, 4.69) is 35.2 Å². The van der Waals surface area contributed by atoms with E-state index in [1.807, 2.05) is 23.1 Å². The highest BCUT2D eigenvalue weighted by atomic mass is 32.1. The van der Waals surface area contributed by atoms with Crippen molar-refractivity contribution in [1.82, 2.24) is 15.8 Å². The monoisotopic (exact) mass is 452 g/mol. The Balaban J connectivity index is 1.49. The molecule has 4 rings (SSSR count). The number of benzene rings is 2. The van der Waals surface area contributed by atoms with Crippen LogP contribution >= 0.6 is 12.2 Å². The molecule has 8 heteroatoms. The number of carbonyl (C=O) groups excluding carboxylic acids is 1. The van der Waals surface area contributed by atoms with E-state index in [-0.39, 0.29) is 11.7 Å². The number of aromatic hydroxyl groups is 1. The highest BCUT2D eigenvalue weighted by Crippen LogP contribution is 2.41. The highest BCUT2D eigenvalue weighted by molar-refractivity contribution is 7.80. The smallest absolute Gasteiger partial charge is 0.219 e. The number of piperidine rings is 1. The molecule has 0 unspecified atom stereocenters. The number of amides is 1. The van der Waals surface area contributed by atoms with Crippen molar-refractivity contribution < 1.29 is 14.6 Å². The highest BCUT2D eigenvalue weighted by Gasteiger charge is 2.39. The summed E-state index contributed by atoms with van der Waals surface area (Å²) in [6, 6.07) is 13.2. The van der Waals surface area contributed by atoms with Crippen LogP contribution in [0.1, 0.15) is 37.8 Å². The number of anilines is 1. The Kier molecular flexibility index (Phi) is 6.23. The lowest BCUT2D eigenvalue weighted by Gasteiger charge is -2.42.